The van der Waals surface area contributed by atoms with Crippen LogP contribution in [0.15, 0.2) is 0 Å². The van der Waals surface area contributed by atoms with Crippen molar-refractivity contribution in [3.05, 3.63) is 0 Å². The van der Waals surface area contributed by atoms with Crippen molar-refractivity contribution >= 4 is 26.3 Å². The van der Waals surface area contributed by atoms with Crippen LogP contribution in [0.25, 0.3) is 0 Å². The zero-order chi connectivity index (χ0) is 6.74. The normalized spacial score (nSPS) is 24.7. The van der Waals surface area contributed by atoms with Gasteiger partial charge in [0.2, 0.25) is 0 Å². The molecule has 0 unspecified atom stereocenters. The molecule has 0 aromatic heterocycles. The van der Waals surface area contributed by atoms with Gasteiger partial charge in [-0.3, -0.25) is 0 Å². The number of aliphatic hydroxyl groups is 2. The van der Waals surface area contributed by atoms with Crippen LogP contribution in [0, 0.1) is 5.41 Å². The summed E-state index contributed by atoms with van der Waals surface area (Å²) in [6, 6.07) is 0. The van der Waals surface area contributed by atoms with Gasteiger partial charge in [-0.25, -0.2) is 0 Å². The van der Waals surface area contributed by atoms with Crippen molar-refractivity contribution in [3.8, 4) is 0 Å². The molecule has 4 heteroatoms. The van der Waals surface area contributed by atoms with Crippen LogP contribution in [0.5, 0.6) is 0 Å². The van der Waals surface area contributed by atoms with Gasteiger partial charge in [0.25, 0.3) is 0 Å². The standard InChI is InChI=1S/C5H10O2Se2/c6-1-5(2-7)3-8-9-4-5/h6-7H,1-4H2. The second-order valence-corrected chi connectivity index (χ2v) is 9.68. The van der Waals surface area contributed by atoms with Gasteiger partial charge in [-0.2, -0.15) is 0 Å². The summed E-state index contributed by atoms with van der Waals surface area (Å²) in [4.78, 5) is 0. The first-order valence-electron chi connectivity index (χ1n) is 2.79. The summed E-state index contributed by atoms with van der Waals surface area (Å²) >= 11 is 1.50. The minimum atomic E-state index is -0.0556. The fourth-order valence-electron chi connectivity index (χ4n) is 0.608. The van der Waals surface area contributed by atoms with Crippen LogP contribution >= 0.6 is 0 Å². The Labute approximate surface area is 65.9 Å². The average molecular weight is 260 g/mol. The molecule has 1 aliphatic rings. The molecule has 0 aromatic rings. The van der Waals surface area contributed by atoms with Crippen molar-refractivity contribution in [2.24, 2.45) is 5.41 Å². The molecule has 1 saturated heterocycles. The second-order valence-electron chi connectivity index (χ2n) is 2.34. The third kappa shape index (κ3) is 1.70. The van der Waals surface area contributed by atoms with Gasteiger partial charge in [0.05, 0.1) is 0 Å². The topological polar surface area (TPSA) is 40.5 Å². The Morgan fingerprint density at radius 3 is 1.78 bits per heavy atom. The molecule has 2 nitrogen and oxygen atoms in total. The predicted molar refractivity (Wildman–Crippen MR) is 37.7 cm³/mol. The van der Waals surface area contributed by atoms with Crippen molar-refractivity contribution in [1.82, 2.24) is 0 Å². The minimum absolute atomic E-state index is 0.0556. The SMILES string of the molecule is OCC1(CO)C[Se][Se]C1. The van der Waals surface area contributed by atoms with Gasteiger partial charge >= 0.3 is 65.7 Å². The first-order valence-corrected chi connectivity index (χ1v) is 9.55. The molecule has 0 radical (unpaired) electrons. The fraction of sp³-hybridized carbons (Fsp3) is 1.00. The quantitative estimate of drug-likeness (QED) is 0.634. The van der Waals surface area contributed by atoms with Crippen LogP contribution < -0.4 is 0 Å². The number of rotatable bonds is 2. The Kier molecular flexibility index (Phi) is 3.03. The van der Waals surface area contributed by atoms with E-state index >= 15 is 0 Å². The Hall–Kier alpha value is 0.959. The molecule has 1 rings (SSSR count). The summed E-state index contributed by atoms with van der Waals surface area (Å²) in [6.45, 7) is 0.375. The molecule has 0 bridgehead atoms. The summed E-state index contributed by atoms with van der Waals surface area (Å²) in [5.41, 5.74) is -0.0556. The zero-order valence-corrected chi connectivity index (χ0v) is 8.47. The van der Waals surface area contributed by atoms with Crippen molar-refractivity contribution in [3.63, 3.8) is 0 Å². The first-order chi connectivity index (χ1) is 4.33. The van der Waals surface area contributed by atoms with Crippen molar-refractivity contribution in [2.45, 2.75) is 10.6 Å². The van der Waals surface area contributed by atoms with Crippen LogP contribution in [-0.4, -0.2) is 49.7 Å². The summed E-state index contributed by atoms with van der Waals surface area (Å²) in [5.74, 6) is 0. The Morgan fingerprint density at radius 1 is 1.11 bits per heavy atom. The van der Waals surface area contributed by atoms with E-state index in [9.17, 15) is 0 Å². The Morgan fingerprint density at radius 2 is 1.56 bits per heavy atom. The molecule has 0 aromatic carbocycles. The molecule has 9 heavy (non-hydrogen) atoms. The molecule has 0 atom stereocenters. The van der Waals surface area contributed by atoms with E-state index < -0.39 is 0 Å². The van der Waals surface area contributed by atoms with Crippen LogP contribution in [0.3, 0.4) is 0 Å². The van der Waals surface area contributed by atoms with Crippen molar-refractivity contribution in [2.75, 3.05) is 13.2 Å². The molecular formula is C5H10O2Se2. The summed E-state index contributed by atoms with van der Waals surface area (Å²) in [6.07, 6.45) is 0. The van der Waals surface area contributed by atoms with Crippen molar-refractivity contribution < 1.29 is 10.2 Å². The Balaban J connectivity index is 2.45. The molecule has 1 aliphatic heterocycles. The molecule has 0 spiro atoms. The van der Waals surface area contributed by atoms with Gasteiger partial charge in [-0.15, -0.1) is 0 Å². The predicted octanol–water partition coefficient (Wildman–Crippen LogP) is -0.869. The zero-order valence-electron chi connectivity index (χ0n) is 5.04. The van der Waals surface area contributed by atoms with E-state index in [2.05, 4.69) is 0 Å². The maximum atomic E-state index is 8.88. The van der Waals surface area contributed by atoms with Gasteiger partial charge in [-0.05, 0) is 0 Å². The van der Waals surface area contributed by atoms with E-state index in [0.717, 1.165) is 36.9 Å². The van der Waals surface area contributed by atoms with E-state index in [1.165, 1.54) is 0 Å². The molecule has 1 heterocycles. The van der Waals surface area contributed by atoms with E-state index in [0.29, 0.717) is 0 Å². The van der Waals surface area contributed by atoms with Crippen molar-refractivity contribution in [1.29, 1.82) is 0 Å². The van der Waals surface area contributed by atoms with E-state index in [1.54, 1.807) is 0 Å². The van der Waals surface area contributed by atoms with Crippen LogP contribution in [0.2, 0.25) is 10.6 Å². The third-order valence-electron chi connectivity index (χ3n) is 1.48. The average Bonchev–Trinajstić information content (AvgIpc) is 2.36. The van der Waals surface area contributed by atoms with Gasteiger partial charge in [0.15, 0.2) is 0 Å². The number of hydrogen-bond donors (Lipinski definition) is 2. The van der Waals surface area contributed by atoms with Crippen LogP contribution in [0.1, 0.15) is 0 Å². The van der Waals surface area contributed by atoms with Gasteiger partial charge in [-0.1, -0.05) is 0 Å². The maximum absolute atomic E-state index is 8.88. The monoisotopic (exact) mass is 262 g/mol. The summed E-state index contributed by atoms with van der Waals surface area (Å²) in [5, 5.41) is 19.9. The molecule has 0 amide bonds. The van der Waals surface area contributed by atoms with Gasteiger partial charge in [0.1, 0.15) is 0 Å². The molecule has 2 N–H and O–H groups in total. The molecule has 0 aliphatic carbocycles. The van der Waals surface area contributed by atoms with Gasteiger partial charge in [0, 0.05) is 0 Å². The first kappa shape index (κ1) is 8.06. The van der Waals surface area contributed by atoms with Crippen LogP contribution in [0.4, 0.5) is 0 Å². The fourth-order valence-corrected chi connectivity index (χ4v) is 11.1. The van der Waals surface area contributed by atoms with Crippen LogP contribution in [-0.2, 0) is 0 Å². The molecule has 0 saturated carbocycles. The molecule has 54 valence electrons. The number of hydrogen-bond acceptors (Lipinski definition) is 2. The second kappa shape index (κ2) is 3.38. The molecule has 1 fully saturated rings. The van der Waals surface area contributed by atoms with E-state index in [1.807, 2.05) is 0 Å². The van der Waals surface area contributed by atoms with Gasteiger partial charge < -0.3 is 0 Å². The third-order valence-corrected chi connectivity index (χ3v) is 9.28. The van der Waals surface area contributed by atoms with E-state index in [-0.39, 0.29) is 18.6 Å². The summed E-state index contributed by atoms with van der Waals surface area (Å²) in [7, 11) is 0. The summed E-state index contributed by atoms with van der Waals surface area (Å²) < 4.78 is 0. The molecular weight excluding hydrogens is 250 g/mol. The Bertz CT molecular complexity index is 85.0. The van der Waals surface area contributed by atoms with E-state index in [4.69, 9.17) is 10.2 Å². The number of aliphatic hydroxyl groups excluding tert-OH is 2.